The lowest BCUT2D eigenvalue weighted by Crippen LogP contribution is -2.33. The molecule has 2 aliphatic rings. The molecule has 0 radical (unpaired) electrons. The molecule has 1 saturated heterocycles. The minimum absolute atomic E-state index is 0.298. The number of carboxylic acid groups (broad SMARTS) is 1. The molecule has 5 heteroatoms. The minimum Gasteiger partial charge on any atom is -0.481 e. The molecular weight excluding hydrogens is 270 g/mol. The van der Waals surface area contributed by atoms with Crippen LogP contribution >= 0.6 is 0 Å². The van der Waals surface area contributed by atoms with Crippen molar-refractivity contribution in [1.82, 2.24) is 4.90 Å². The van der Waals surface area contributed by atoms with E-state index in [9.17, 15) is 4.79 Å². The molecule has 0 unspecified atom stereocenters. The molecule has 0 amide bonds. The molecule has 0 aliphatic carbocycles. The number of ether oxygens (including phenoxy) is 2. The number of carboxylic acids is 1. The van der Waals surface area contributed by atoms with Crippen LogP contribution in [0.3, 0.4) is 0 Å². The first-order valence-corrected chi connectivity index (χ1v) is 7.53. The number of carbonyl (C=O) groups is 1. The van der Waals surface area contributed by atoms with Crippen LogP contribution in [0.15, 0.2) is 18.2 Å². The second kappa shape index (κ2) is 6.35. The lowest BCUT2D eigenvalue weighted by molar-refractivity contribution is -0.137. The molecule has 0 saturated carbocycles. The predicted molar refractivity (Wildman–Crippen MR) is 77.4 cm³/mol. The molecule has 3 rings (SSSR count). The molecule has 1 N–H and O–H groups in total. The van der Waals surface area contributed by atoms with Crippen LogP contribution in [0.1, 0.15) is 31.2 Å². The summed E-state index contributed by atoms with van der Waals surface area (Å²) in [7, 11) is 0. The Kier molecular flexibility index (Phi) is 4.29. The van der Waals surface area contributed by atoms with E-state index in [-0.39, 0.29) is 0 Å². The van der Waals surface area contributed by atoms with Crippen molar-refractivity contribution in [3.63, 3.8) is 0 Å². The number of rotatable bonds is 5. The summed E-state index contributed by atoms with van der Waals surface area (Å²) in [6.07, 6.45) is 3.30. The maximum absolute atomic E-state index is 10.6. The van der Waals surface area contributed by atoms with Crippen molar-refractivity contribution in [2.45, 2.75) is 32.2 Å². The number of hydrogen-bond acceptors (Lipinski definition) is 4. The molecule has 1 aromatic rings. The molecule has 0 bridgehead atoms. The van der Waals surface area contributed by atoms with Gasteiger partial charge in [-0.25, -0.2) is 0 Å². The molecule has 21 heavy (non-hydrogen) atoms. The summed E-state index contributed by atoms with van der Waals surface area (Å²) in [5, 5.41) is 8.74. The average molecular weight is 291 g/mol. The summed E-state index contributed by atoms with van der Waals surface area (Å²) < 4.78 is 10.7. The van der Waals surface area contributed by atoms with E-state index in [0.717, 1.165) is 50.4 Å². The number of fused-ring (bicyclic) bond motifs is 1. The molecule has 114 valence electrons. The highest BCUT2D eigenvalue weighted by atomic mass is 16.7. The Labute approximate surface area is 124 Å². The predicted octanol–water partition coefficient (Wildman–Crippen LogP) is 2.49. The van der Waals surface area contributed by atoms with E-state index in [4.69, 9.17) is 14.6 Å². The zero-order chi connectivity index (χ0) is 14.7. The van der Waals surface area contributed by atoms with Gasteiger partial charge < -0.3 is 14.6 Å². The third-order valence-electron chi connectivity index (χ3n) is 4.32. The maximum Gasteiger partial charge on any atom is 0.303 e. The van der Waals surface area contributed by atoms with Crippen LogP contribution in [-0.2, 0) is 11.3 Å². The van der Waals surface area contributed by atoms with Gasteiger partial charge in [0.2, 0.25) is 6.79 Å². The summed E-state index contributed by atoms with van der Waals surface area (Å²) in [5.74, 6) is 1.54. The minimum atomic E-state index is -0.683. The zero-order valence-corrected chi connectivity index (χ0v) is 12.1. The van der Waals surface area contributed by atoms with Crippen LogP contribution in [0, 0.1) is 5.92 Å². The van der Waals surface area contributed by atoms with Crippen LogP contribution in [0.25, 0.3) is 0 Å². The highest BCUT2D eigenvalue weighted by molar-refractivity contribution is 5.66. The van der Waals surface area contributed by atoms with Crippen LogP contribution in [0.4, 0.5) is 0 Å². The van der Waals surface area contributed by atoms with Gasteiger partial charge in [0.25, 0.3) is 0 Å². The fourth-order valence-electron chi connectivity index (χ4n) is 3.06. The van der Waals surface area contributed by atoms with E-state index >= 15 is 0 Å². The van der Waals surface area contributed by atoms with Crippen molar-refractivity contribution in [2.75, 3.05) is 19.9 Å². The number of benzene rings is 1. The van der Waals surface area contributed by atoms with Crippen LogP contribution in [0.5, 0.6) is 11.5 Å². The van der Waals surface area contributed by atoms with Gasteiger partial charge in [-0.1, -0.05) is 6.07 Å². The normalized spacial score (nSPS) is 18.9. The molecule has 2 aliphatic heterocycles. The number of piperidine rings is 1. The Morgan fingerprint density at radius 3 is 2.76 bits per heavy atom. The Balaban J connectivity index is 1.48. The van der Waals surface area contributed by atoms with Crippen molar-refractivity contribution in [3.8, 4) is 11.5 Å². The Morgan fingerprint density at radius 2 is 2.00 bits per heavy atom. The Hall–Kier alpha value is -1.75. The lowest BCUT2D eigenvalue weighted by Gasteiger charge is -2.31. The first kappa shape index (κ1) is 14.2. The highest BCUT2D eigenvalue weighted by Crippen LogP contribution is 2.33. The molecule has 2 heterocycles. The van der Waals surface area contributed by atoms with Crippen molar-refractivity contribution in [1.29, 1.82) is 0 Å². The number of nitrogens with zero attached hydrogens (tertiary/aromatic N) is 1. The quantitative estimate of drug-likeness (QED) is 0.903. The molecular formula is C16H21NO4. The molecule has 5 nitrogen and oxygen atoms in total. The van der Waals surface area contributed by atoms with Crippen LogP contribution < -0.4 is 9.47 Å². The van der Waals surface area contributed by atoms with Gasteiger partial charge >= 0.3 is 5.97 Å². The third kappa shape index (κ3) is 3.67. The molecule has 0 atom stereocenters. The monoisotopic (exact) mass is 291 g/mol. The summed E-state index contributed by atoms with van der Waals surface area (Å²) in [6.45, 7) is 3.31. The third-order valence-corrected chi connectivity index (χ3v) is 4.32. The fraction of sp³-hybridized carbons (Fsp3) is 0.562. The summed E-state index contributed by atoms with van der Waals surface area (Å²) in [4.78, 5) is 13.0. The van der Waals surface area contributed by atoms with Gasteiger partial charge in [0.1, 0.15) is 0 Å². The van der Waals surface area contributed by atoms with Gasteiger partial charge in [0.05, 0.1) is 0 Å². The topological polar surface area (TPSA) is 59.0 Å². The zero-order valence-electron chi connectivity index (χ0n) is 12.1. The van der Waals surface area contributed by atoms with E-state index in [1.807, 2.05) is 6.07 Å². The smallest absolute Gasteiger partial charge is 0.303 e. The van der Waals surface area contributed by atoms with Crippen LogP contribution in [0.2, 0.25) is 0 Å². The second-order valence-corrected chi connectivity index (χ2v) is 5.84. The van der Waals surface area contributed by atoms with E-state index in [2.05, 4.69) is 17.0 Å². The highest BCUT2D eigenvalue weighted by Gasteiger charge is 2.20. The van der Waals surface area contributed by atoms with Crippen molar-refractivity contribution in [3.05, 3.63) is 23.8 Å². The summed E-state index contributed by atoms with van der Waals surface area (Å²) in [6, 6.07) is 6.11. The number of aliphatic carboxylic acids is 1. The first-order chi connectivity index (χ1) is 10.2. The molecule has 1 aromatic carbocycles. The fourth-order valence-corrected chi connectivity index (χ4v) is 3.06. The second-order valence-electron chi connectivity index (χ2n) is 5.84. The summed E-state index contributed by atoms with van der Waals surface area (Å²) in [5.41, 5.74) is 1.24. The van der Waals surface area contributed by atoms with Gasteiger partial charge in [-0.15, -0.1) is 0 Å². The first-order valence-electron chi connectivity index (χ1n) is 7.53. The summed E-state index contributed by atoms with van der Waals surface area (Å²) >= 11 is 0. The van der Waals surface area contributed by atoms with E-state index < -0.39 is 5.97 Å². The SMILES string of the molecule is O=C(O)CCC1CCN(Cc2ccc3c(c2)OCO3)CC1. The van der Waals surface area contributed by atoms with Crippen molar-refractivity contribution < 1.29 is 19.4 Å². The van der Waals surface area contributed by atoms with E-state index in [1.54, 1.807) is 0 Å². The standard InChI is InChI=1S/C16H21NO4/c18-16(19)4-2-12-5-7-17(8-6-12)10-13-1-3-14-15(9-13)21-11-20-14/h1,3,9,12H,2,4-8,10-11H2,(H,18,19). The Bertz CT molecular complexity index is 509. The lowest BCUT2D eigenvalue weighted by atomic mass is 9.92. The number of likely N-dealkylation sites (tertiary alicyclic amines) is 1. The van der Waals surface area contributed by atoms with Gasteiger partial charge in [-0.2, -0.15) is 0 Å². The van der Waals surface area contributed by atoms with Crippen LogP contribution in [-0.4, -0.2) is 35.9 Å². The van der Waals surface area contributed by atoms with Gasteiger partial charge in [-0.05, 0) is 56.0 Å². The van der Waals surface area contributed by atoms with Gasteiger partial charge in [0, 0.05) is 13.0 Å². The largest absolute Gasteiger partial charge is 0.481 e. The van der Waals surface area contributed by atoms with E-state index in [0.29, 0.717) is 19.1 Å². The maximum atomic E-state index is 10.6. The Morgan fingerprint density at radius 1 is 1.24 bits per heavy atom. The molecule has 1 fully saturated rings. The van der Waals surface area contributed by atoms with Gasteiger partial charge in [0.15, 0.2) is 11.5 Å². The van der Waals surface area contributed by atoms with E-state index in [1.165, 1.54) is 5.56 Å². The molecule has 0 aromatic heterocycles. The number of hydrogen-bond donors (Lipinski definition) is 1. The molecule has 0 spiro atoms. The average Bonchev–Trinajstić information content (AvgIpc) is 2.94. The van der Waals surface area contributed by atoms with Crippen molar-refractivity contribution >= 4 is 5.97 Å². The van der Waals surface area contributed by atoms with Gasteiger partial charge in [-0.3, -0.25) is 9.69 Å². The van der Waals surface area contributed by atoms with Crippen molar-refractivity contribution in [2.24, 2.45) is 5.92 Å².